The Morgan fingerprint density at radius 1 is 1.10 bits per heavy atom. The van der Waals surface area contributed by atoms with Crippen LogP contribution in [-0.2, 0) is 0 Å². The third kappa shape index (κ3) is 3.50. The molecule has 0 atom stereocenters. The lowest BCUT2D eigenvalue weighted by atomic mass is 9.85. The van der Waals surface area contributed by atoms with E-state index in [0.717, 1.165) is 35.4 Å². The van der Waals surface area contributed by atoms with Crippen molar-refractivity contribution in [3.63, 3.8) is 0 Å². The van der Waals surface area contributed by atoms with Crippen molar-refractivity contribution in [1.29, 1.82) is 0 Å². The number of hydrogen-bond acceptors (Lipinski definition) is 4. The summed E-state index contributed by atoms with van der Waals surface area (Å²) in [5, 5.41) is 3.50. The van der Waals surface area contributed by atoms with Gasteiger partial charge in [-0.15, -0.1) is 0 Å². The molecule has 2 aromatic rings. The molecule has 0 spiro atoms. The van der Waals surface area contributed by atoms with E-state index in [1.54, 1.807) is 6.20 Å². The molecule has 0 bridgehead atoms. The molecule has 2 heterocycles. The number of nitrogens with one attached hydrogen (secondary N) is 1. The lowest BCUT2D eigenvalue weighted by molar-refractivity contribution is 0.198. The van der Waals surface area contributed by atoms with Crippen molar-refractivity contribution < 1.29 is 0 Å². The SMILES string of the molecule is CN(C)C1CCC(CNc2ccc3ncccc3n2)CC1. The van der Waals surface area contributed by atoms with E-state index in [2.05, 4.69) is 34.3 Å². The van der Waals surface area contributed by atoms with Crippen LogP contribution in [0.5, 0.6) is 0 Å². The van der Waals surface area contributed by atoms with Crippen LogP contribution >= 0.6 is 0 Å². The topological polar surface area (TPSA) is 41.0 Å². The summed E-state index contributed by atoms with van der Waals surface area (Å²) in [6.45, 7) is 1.03. The highest BCUT2D eigenvalue weighted by Crippen LogP contribution is 2.26. The summed E-state index contributed by atoms with van der Waals surface area (Å²) in [7, 11) is 4.38. The highest BCUT2D eigenvalue weighted by Gasteiger charge is 2.22. The second kappa shape index (κ2) is 6.39. The second-order valence-corrected chi connectivity index (χ2v) is 6.26. The summed E-state index contributed by atoms with van der Waals surface area (Å²) >= 11 is 0. The van der Waals surface area contributed by atoms with Crippen molar-refractivity contribution in [2.45, 2.75) is 31.7 Å². The van der Waals surface area contributed by atoms with Gasteiger partial charge >= 0.3 is 0 Å². The molecule has 0 amide bonds. The van der Waals surface area contributed by atoms with Gasteiger partial charge in [0.1, 0.15) is 5.82 Å². The maximum atomic E-state index is 4.62. The summed E-state index contributed by atoms with van der Waals surface area (Å²) < 4.78 is 0. The summed E-state index contributed by atoms with van der Waals surface area (Å²) in [5.74, 6) is 1.73. The highest BCUT2D eigenvalue weighted by atomic mass is 15.1. The molecule has 0 unspecified atom stereocenters. The summed E-state index contributed by atoms with van der Waals surface area (Å²) in [5.41, 5.74) is 1.91. The van der Waals surface area contributed by atoms with Gasteiger partial charge in [-0.05, 0) is 70.0 Å². The molecule has 1 saturated carbocycles. The number of hydrogen-bond donors (Lipinski definition) is 1. The zero-order chi connectivity index (χ0) is 14.7. The normalized spacial score (nSPS) is 22.6. The van der Waals surface area contributed by atoms with Crippen LogP contribution in [0.3, 0.4) is 0 Å². The van der Waals surface area contributed by atoms with Gasteiger partial charge in [-0.2, -0.15) is 0 Å². The van der Waals surface area contributed by atoms with E-state index in [-0.39, 0.29) is 0 Å². The van der Waals surface area contributed by atoms with E-state index in [9.17, 15) is 0 Å². The molecule has 1 N–H and O–H groups in total. The molecule has 3 rings (SSSR count). The predicted octanol–water partition coefficient (Wildman–Crippen LogP) is 3.16. The maximum Gasteiger partial charge on any atom is 0.126 e. The molecule has 0 aromatic carbocycles. The molecule has 2 aromatic heterocycles. The molecule has 4 nitrogen and oxygen atoms in total. The summed E-state index contributed by atoms with van der Waals surface area (Å²) in [4.78, 5) is 11.3. The first-order valence-corrected chi connectivity index (χ1v) is 7.84. The van der Waals surface area contributed by atoms with Crippen molar-refractivity contribution in [2.75, 3.05) is 26.0 Å². The van der Waals surface area contributed by atoms with Gasteiger partial charge in [0.25, 0.3) is 0 Å². The number of fused-ring (bicyclic) bond motifs is 1. The van der Waals surface area contributed by atoms with Crippen LogP contribution in [0.4, 0.5) is 5.82 Å². The number of pyridine rings is 2. The first kappa shape index (κ1) is 14.3. The Hall–Kier alpha value is -1.68. The smallest absolute Gasteiger partial charge is 0.126 e. The Morgan fingerprint density at radius 2 is 1.90 bits per heavy atom. The average Bonchev–Trinajstić information content (AvgIpc) is 2.53. The van der Waals surface area contributed by atoms with Crippen LogP contribution in [0, 0.1) is 5.92 Å². The minimum absolute atomic E-state index is 0.770. The Balaban J connectivity index is 1.55. The first-order valence-electron chi connectivity index (χ1n) is 7.84. The van der Waals surface area contributed by atoms with E-state index in [1.165, 1.54) is 25.7 Å². The number of nitrogens with zero attached hydrogens (tertiary/aromatic N) is 3. The Morgan fingerprint density at radius 3 is 2.67 bits per heavy atom. The largest absolute Gasteiger partial charge is 0.370 e. The van der Waals surface area contributed by atoms with Gasteiger partial charge in [0.2, 0.25) is 0 Å². The molecule has 1 aliphatic rings. The summed E-state index contributed by atoms with van der Waals surface area (Å²) in [6, 6.07) is 8.78. The van der Waals surface area contributed by atoms with Crippen LogP contribution in [0.2, 0.25) is 0 Å². The molecule has 1 aliphatic carbocycles. The molecule has 4 heteroatoms. The highest BCUT2D eigenvalue weighted by molar-refractivity contribution is 5.75. The predicted molar refractivity (Wildman–Crippen MR) is 87.5 cm³/mol. The lowest BCUT2D eigenvalue weighted by Crippen LogP contribution is -2.33. The molecule has 112 valence electrons. The zero-order valence-corrected chi connectivity index (χ0v) is 12.9. The van der Waals surface area contributed by atoms with Crippen LogP contribution in [-0.4, -0.2) is 41.5 Å². The fraction of sp³-hybridized carbons (Fsp3) is 0.529. The van der Waals surface area contributed by atoms with E-state index in [1.807, 2.05) is 24.3 Å². The van der Waals surface area contributed by atoms with E-state index < -0.39 is 0 Å². The minimum atomic E-state index is 0.770. The van der Waals surface area contributed by atoms with Gasteiger partial charge in [-0.3, -0.25) is 4.98 Å². The van der Waals surface area contributed by atoms with Gasteiger partial charge in [-0.25, -0.2) is 4.98 Å². The monoisotopic (exact) mass is 284 g/mol. The van der Waals surface area contributed by atoms with Crippen LogP contribution in [0.1, 0.15) is 25.7 Å². The number of rotatable bonds is 4. The standard InChI is InChI=1S/C17H24N4/c1-21(2)14-7-5-13(6-8-14)12-19-17-10-9-15-16(20-17)4-3-11-18-15/h3-4,9-11,13-14H,5-8,12H2,1-2H3,(H,19,20). The number of anilines is 1. The van der Waals surface area contributed by atoms with Gasteiger partial charge in [0.15, 0.2) is 0 Å². The molecular weight excluding hydrogens is 260 g/mol. The summed E-state index contributed by atoms with van der Waals surface area (Å²) in [6.07, 6.45) is 7.05. The van der Waals surface area contributed by atoms with Crippen molar-refractivity contribution in [1.82, 2.24) is 14.9 Å². The van der Waals surface area contributed by atoms with Crippen LogP contribution in [0.15, 0.2) is 30.5 Å². The van der Waals surface area contributed by atoms with Crippen molar-refractivity contribution >= 4 is 16.9 Å². The lowest BCUT2D eigenvalue weighted by Gasteiger charge is -2.32. The van der Waals surface area contributed by atoms with Gasteiger partial charge in [-0.1, -0.05) is 0 Å². The second-order valence-electron chi connectivity index (χ2n) is 6.26. The molecule has 0 aliphatic heterocycles. The molecule has 0 radical (unpaired) electrons. The molecule has 0 saturated heterocycles. The zero-order valence-electron chi connectivity index (χ0n) is 12.9. The fourth-order valence-corrected chi connectivity index (χ4v) is 3.17. The Kier molecular flexibility index (Phi) is 4.34. The van der Waals surface area contributed by atoms with Crippen molar-refractivity contribution in [3.8, 4) is 0 Å². The van der Waals surface area contributed by atoms with Crippen molar-refractivity contribution in [3.05, 3.63) is 30.5 Å². The third-order valence-electron chi connectivity index (χ3n) is 4.57. The van der Waals surface area contributed by atoms with E-state index in [4.69, 9.17) is 0 Å². The van der Waals surface area contributed by atoms with Gasteiger partial charge in [0.05, 0.1) is 11.0 Å². The number of aromatic nitrogens is 2. The molecule has 1 fully saturated rings. The first-order chi connectivity index (χ1) is 10.2. The molecular formula is C17H24N4. The minimum Gasteiger partial charge on any atom is -0.370 e. The van der Waals surface area contributed by atoms with Crippen LogP contribution < -0.4 is 5.32 Å². The average molecular weight is 284 g/mol. The van der Waals surface area contributed by atoms with Gasteiger partial charge in [0, 0.05) is 18.8 Å². The third-order valence-corrected chi connectivity index (χ3v) is 4.57. The Labute approximate surface area is 126 Å². The maximum absolute atomic E-state index is 4.62. The fourth-order valence-electron chi connectivity index (χ4n) is 3.17. The van der Waals surface area contributed by atoms with Gasteiger partial charge < -0.3 is 10.2 Å². The Bertz CT molecular complexity index is 588. The quantitative estimate of drug-likeness (QED) is 0.936. The van der Waals surface area contributed by atoms with Crippen molar-refractivity contribution in [2.24, 2.45) is 5.92 Å². The van der Waals surface area contributed by atoms with E-state index >= 15 is 0 Å². The van der Waals surface area contributed by atoms with Crippen LogP contribution in [0.25, 0.3) is 11.0 Å². The molecule has 21 heavy (non-hydrogen) atoms. The van der Waals surface area contributed by atoms with E-state index in [0.29, 0.717) is 0 Å².